The summed E-state index contributed by atoms with van der Waals surface area (Å²) < 4.78 is 14.7. The highest BCUT2D eigenvalue weighted by Gasteiger charge is 2.20. The largest absolute Gasteiger partial charge is 0.747 e. The topological polar surface area (TPSA) is 83.8 Å². The number of hydrogen-bond acceptors (Lipinski definition) is 3. The summed E-state index contributed by atoms with van der Waals surface area (Å²) >= 11 is 0. The van der Waals surface area contributed by atoms with E-state index in [2.05, 4.69) is 4.52 Å². The first-order chi connectivity index (χ1) is 6.11. The monoisotopic (exact) mass is 201 g/mol. The third-order valence-corrected chi connectivity index (χ3v) is 1.65. The third kappa shape index (κ3) is 2.50. The second-order valence-electron chi connectivity index (χ2n) is 2.13. The van der Waals surface area contributed by atoms with Crippen molar-refractivity contribution in [2.45, 2.75) is 0 Å². The maximum Gasteiger partial charge on any atom is 0.747 e. The smallest absolute Gasteiger partial charge is 0.478 e. The summed E-state index contributed by atoms with van der Waals surface area (Å²) in [6, 6.07) is 5.62. The molecule has 68 valence electrons. The van der Waals surface area contributed by atoms with Crippen LogP contribution in [0, 0.1) is 0 Å². The molecule has 13 heavy (non-hydrogen) atoms. The Hall–Kier alpha value is -1.45. The third-order valence-electron chi connectivity index (χ3n) is 1.29. The minimum Gasteiger partial charge on any atom is -0.478 e. The summed E-state index contributed by atoms with van der Waals surface area (Å²) in [5.74, 6) is -1.31. The summed E-state index contributed by atoms with van der Waals surface area (Å²) in [4.78, 5) is 19.0. The molecule has 1 unspecified atom stereocenters. The molecular weight excluding hydrogens is 195 g/mol. The number of aromatic carboxylic acids is 1. The molecular formula is C7H6O5P+. The molecule has 0 spiro atoms. The predicted molar refractivity (Wildman–Crippen MR) is 43.9 cm³/mol. The lowest BCUT2D eigenvalue weighted by molar-refractivity contribution is 0.0695. The van der Waals surface area contributed by atoms with Crippen LogP contribution in [-0.4, -0.2) is 16.0 Å². The van der Waals surface area contributed by atoms with E-state index in [-0.39, 0.29) is 11.3 Å². The van der Waals surface area contributed by atoms with Crippen molar-refractivity contribution in [2.75, 3.05) is 0 Å². The molecule has 0 radical (unpaired) electrons. The molecule has 1 rings (SSSR count). The van der Waals surface area contributed by atoms with Crippen molar-refractivity contribution < 1.29 is 23.9 Å². The van der Waals surface area contributed by atoms with Gasteiger partial charge in [-0.2, -0.15) is 0 Å². The summed E-state index contributed by atoms with van der Waals surface area (Å²) in [6.45, 7) is 0. The molecule has 0 saturated carbocycles. The van der Waals surface area contributed by atoms with E-state index in [1.54, 1.807) is 0 Å². The molecule has 0 aliphatic carbocycles. The molecule has 0 aliphatic rings. The Bertz CT molecular complexity index is 348. The van der Waals surface area contributed by atoms with Gasteiger partial charge in [0.1, 0.15) is 5.56 Å². The highest BCUT2D eigenvalue weighted by atomic mass is 31.1. The molecule has 2 N–H and O–H groups in total. The number of carbonyl (C=O) groups is 1. The van der Waals surface area contributed by atoms with E-state index in [9.17, 15) is 9.36 Å². The maximum absolute atomic E-state index is 10.5. The van der Waals surface area contributed by atoms with E-state index < -0.39 is 14.2 Å². The molecule has 5 nitrogen and oxygen atoms in total. The van der Waals surface area contributed by atoms with Gasteiger partial charge in [-0.1, -0.05) is 12.1 Å². The average Bonchev–Trinajstić information content (AvgIpc) is 2.03. The molecule has 1 aromatic carbocycles. The fraction of sp³-hybridized carbons (Fsp3) is 0. The lowest BCUT2D eigenvalue weighted by atomic mass is 10.2. The molecule has 0 fully saturated rings. The molecule has 0 aliphatic heterocycles. The van der Waals surface area contributed by atoms with Gasteiger partial charge in [0.25, 0.3) is 0 Å². The molecule has 6 heteroatoms. The van der Waals surface area contributed by atoms with Crippen molar-refractivity contribution in [1.82, 2.24) is 0 Å². The van der Waals surface area contributed by atoms with Crippen LogP contribution in [-0.2, 0) is 4.57 Å². The summed E-state index contributed by atoms with van der Waals surface area (Å²) in [5.41, 5.74) is -0.139. The Morgan fingerprint density at radius 2 is 2.00 bits per heavy atom. The van der Waals surface area contributed by atoms with Crippen LogP contribution in [0.2, 0.25) is 0 Å². The van der Waals surface area contributed by atoms with Crippen molar-refractivity contribution in [1.29, 1.82) is 0 Å². The first-order valence-corrected chi connectivity index (χ1v) is 4.40. The highest BCUT2D eigenvalue weighted by Crippen LogP contribution is 2.26. The summed E-state index contributed by atoms with van der Waals surface area (Å²) in [6.07, 6.45) is 0. The molecule has 0 bridgehead atoms. The summed E-state index contributed by atoms with van der Waals surface area (Å²) in [7, 11) is -2.83. The number of carboxylic acid groups (broad SMARTS) is 1. The van der Waals surface area contributed by atoms with E-state index in [4.69, 9.17) is 10.00 Å². The normalized spacial score (nSPS) is 10.7. The number of hydrogen-bond donors (Lipinski definition) is 2. The van der Waals surface area contributed by atoms with Crippen LogP contribution in [0.4, 0.5) is 0 Å². The fourth-order valence-electron chi connectivity index (χ4n) is 0.807. The van der Waals surface area contributed by atoms with Crippen LogP contribution in [0.1, 0.15) is 10.4 Å². The fourth-order valence-corrected chi connectivity index (χ4v) is 1.13. The lowest BCUT2D eigenvalue weighted by Crippen LogP contribution is -1.98. The van der Waals surface area contributed by atoms with E-state index in [0.29, 0.717) is 0 Å². The first kappa shape index (κ1) is 9.64. The zero-order chi connectivity index (χ0) is 9.84. The zero-order valence-electron chi connectivity index (χ0n) is 6.38. The molecule has 0 saturated heterocycles. The number of benzene rings is 1. The van der Waals surface area contributed by atoms with Gasteiger partial charge < -0.3 is 5.11 Å². The predicted octanol–water partition coefficient (Wildman–Crippen LogP) is 1.41. The van der Waals surface area contributed by atoms with E-state index in [0.717, 1.165) is 0 Å². The van der Waals surface area contributed by atoms with Gasteiger partial charge in [-0.05, 0) is 12.1 Å². The maximum atomic E-state index is 10.5. The first-order valence-electron chi connectivity index (χ1n) is 3.27. The molecule has 0 aromatic heterocycles. The molecule has 0 amide bonds. The van der Waals surface area contributed by atoms with Crippen LogP contribution in [0.25, 0.3) is 0 Å². The van der Waals surface area contributed by atoms with Gasteiger partial charge >= 0.3 is 14.2 Å². The minimum absolute atomic E-state index is 0.112. The van der Waals surface area contributed by atoms with Gasteiger partial charge in [0.05, 0.1) is 0 Å². The highest BCUT2D eigenvalue weighted by molar-refractivity contribution is 7.32. The zero-order valence-corrected chi connectivity index (χ0v) is 7.27. The Morgan fingerprint density at radius 3 is 2.54 bits per heavy atom. The lowest BCUT2D eigenvalue weighted by Gasteiger charge is -1.96. The standard InChI is InChI=1S/C7H5O5P/c8-7(9)5-3-1-2-4-6(5)12-13(10)11/h1-4H,(H-,8,9,10,11)/p+1. The second kappa shape index (κ2) is 3.98. The Balaban J connectivity index is 3.04. The molecule has 0 heterocycles. The van der Waals surface area contributed by atoms with Crippen molar-refractivity contribution in [3.05, 3.63) is 29.8 Å². The van der Waals surface area contributed by atoms with Gasteiger partial charge in [0, 0.05) is 4.57 Å². The van der Waals surface area contributed by atoms with Gasteiger partial charge in [-0.3, -0.25) is 0 Å². The molecule has 1 aromatic rings. The Kier molecular flexibility index (Phi) is 2.95. The quantitative estimate of drug-likeness (QED) is 0.722. The molecule has 1 atom stereocenters. The number of rotatable bonds is 3. The SMILES string of the molecule is O=C(O)c1ccccc1O[P+](=O)O. The van der Waals surface area contributed by atoms with Crippen LogP contribution < -0.4 is 4.52 Å². The average molecular weight is 201 g/mol. The number of carboxylic acids is 1. The van der Waals surface area contributed by atoms with Gasteiger partial charge in [0.15, 0.2) is 0 Å². The second-order valence-corrected chi connectivity index (χ2v) is 2.79. The van der Waals surface area contributed by atoms with E-state index >= 15 is 0 Å². The van der Waals surface area contributed by atoms with E-state index in [1.807, 2.05) is 0 Å². The van der Waals surface area contributed by atoms with Gasteiger partial charge in [-0.15, -0.1) is 4.89 Å². The van der Waals surface area contributed by atoms with Gasteiger partial charge in [0.2, 0.25) is 5.75 Å². The Morgan fingerprint density at radius 1 is 1.38 bits per heavy atom. The van der Waals surface area contributed by atoms with Crippen LogP contribution in [0.3, 0.4) is 0 Å². The van der Waals surface area contributed by atoms with Crippen molar-refractivity contribution in [3.63, 3.8) is 0 Å². The van der Waals surface area contributed by atoms with Gasteiger partial charge in [-0.25, -0.2) is 9.32 Å². The minimum atomic E-state index is -2.83. The van der Waals surface area contributed by atoms with Crippen molar-refractivity contribution >= 4 is 14.2 Å². The van der Waals surface area contributed by atoms with Crippen LogP contribution >= 0.6 is 8.25 Å². The van der Waals surface area contributed by atoms with E-state index in [1.165, 1.54) is 24.3 Å². The van der Waals surface area contributed by atoms with Crippen LogP contribution in [0.15, 0.2) is 24.3 Å². The van der Waals surface area contributed by atoms with Crippen molar-refractivity contribution in [2.24, 2.45) is 0 Å². The summed E-state index contributed by atoms with van der Waals surface area (Å²) in [5, 5.41) is 8.62. The number of para-hydroxylation sites is 1. The Labute approximate surface area is 74.5 Å². The van der Waals surface area contributed by atoms with Crippen LogP contribution in [0.5, 0.6) is 5.75 Å². The van der Waals surface area contributed by atoms with Crippen molar-refractivity contribution in [3.8, 4) is 5.75 Å².